The molecule has 2 aromatic heterocycles. The molecule has 0 aliphatic heterocycles. The quantitative estimate of drug-likeness (QED) is 0.260. The van der Waals surface area contributed by atoms with Crippen LogP contribution >= 0.6 is 0 Å². The van der Waals surface area contributed by atoms with E-state index in [0.717, 1.165) is 11.1 Å². The molecule has 0 bridgehead atoms. The Morgan fingerprint density at radius 1 is 0.700 bits per heavy atom. The Bertz CT molecular complexity index is 1820. The summed E-state index contributed by atoms with van der Waals surface area (Å²) in [6.07, 6.45) is 0.417. The maximum Gasteiger partial charge on any atom is 0.326 e. The number of H-pyrrole nitrogens is 4. The second kappa shape index (κ2) is 10.3. The average Bonchev–Trinajstić information content (AvgIpc) is 3.22. The maximum atomic E-state index is 13.1. The van der Waals surface area contributed by atoms with Crippen molar-refractivity contribution in [2.45, 2.75) is 25.2 Å². The Balaban J connectivity index is 1.69. The van der Waals surface area contributed by atoms with Crippen LogP contribution in [0.5, 0.6) is 23.0 Å². The molecule has 12 heteroatoms. The zero-order chi connectivity index (χ0) is 28.7. The molecular weight excluding hydrogens is 520 g/mol. The number of fused-ring (bicyclic) bond motifs is 3. The van der Waals surface area contributed by atoms with E-state index in [4.69, 9.17) is 18.9 Å². The van der Waals surface area contributed by atoms with Crippen LogP contribution in [0.1, 0.15) is 41.9 Å². The van der Waals surface area contributed by atoms with Gasteiger partial charge in [0.15, 0.2) is 23.0 Å². The molecule has 40 heavy (non-hydrogen) atoms. The monoisotopic (exact) mass is 548 g/mol. The van der Waals surface area contributed by atoms with E-state index >= 15 is 0 Å². The van der Waals surface area contributed by atoms with E-state index in [1.165, 1.54) is 34.5 Å². The Hall–Kier alpha value is -5.00. The fourth-order valence-corrected chi connectivity index (χ4v) is 5.47. The third-order valence-corrected chi connectivity index (χ3v) is 7.25. The number of methoxy groups -OCH3 is 4. The molecule has 2 atom stereocenters. The Morgan fingerprint density at radius 3 is 1.90 bits per heavy atom. The summed E-state index contributed by atoms with van der Waals surface area (Å²) in [6, 6.07) is 8.35. The van der Waals surface area contributed by atoms with Gasteiger partial charge in [0.2, 0.25) is 0 Å². The van der Waals surface area contributed by atoms with Gasteiger partial charge >= 0.3 is 11.4 Å². The first kappa shape index (κ1) is 26.6. The van der Waals surface area contributed by atoms with Gasteiger partial charge in [0, 0.05) is 28.7 Å². The second-order valence-electron chi connectivity index (χ2n) is 9.48. The number of aromatic amines is 4. The van der Waals surface area contributed by atoms with Crippen molar-refractivity contribution < 1.29 is 18.9 Å². The van der Waals surface area contributed by atoms with Gasteiger partial charge in [-0.3, -0.25) is 19.6 Å². The largest absolute Gasteiger partial charge is 0.493 e. The van der Waals surface area contributed by atoms with E-state index in [1.807, 2.05) is 13.0 Å². The third kappa shape index (κ3) is 4.46. The molecule has 0 radical (unpaired) electrons. The van der Waals surface area contributed by atoms with E-state index in [1.54, 1.807) is 18.2 Å². The normalized spacial score (nSPS) is 14.3. The molecule has 2 unspecified atom stereocenters. The summed E-state index contributed by atoms with van der Waals surface area (Å²) in [4.78, 5) is 59.6. The molecule has 5 rings (SSSR count). The number of ether oxygens (including phenoxy) is 4. The molecule has 0 spiro atoms. The van der Waals surface area contributed by atoms with E-state index in [9.17, 15) is 19.2 Å². The molecule has 1 aliphatic carbocycles. The minimum atomic E-state index is -0.647. The maximum absolute atomic E-state index is 13.1. The zero-order valence-electron chi connectivity index (χ0n) is 22.5. The van der Waals surface area contributed by atoms with Gasteiger partial charge in [0.1, 0.15) is 0 Å². The van der Waals surface area contributed by atoms with Crippen LogP contribution in [-0.4, -0.2) is 48.4 Å². The van der Waals surface area contributed by atoms with Gasteiger partial charge in [-0.05, 0) is 47.7 Å². The lowest BCUT2D eigenvalue weighted by Crippen LogP contribution is -2.26. The Kier molecular flexibility index (Phi) is 6.84. The van der Waals surface area contributed by atoms with Gasteiger partial charge < -0.3 is 28.9 Å². The predicted molar refractivity (Wildman–Crippen MR) is 147 cm³/mol. The molecular formula is C28H28N4O8. The molecule has 208 valence electrons. The molecule has 2 aromatic carbocycles. The first-order valence-corrected chi connectivity index (χ1v) is 12.4. The molecule has 4 aromatic rings. The van der Waals surface area contributed by atoms with E-state index in [-0.39, 0.29) is 5.92 Å². The number of rotatable bonds is 8. The SMILES string of the molecule is COc1cc(-c2cc(=O)[nH]c(=O)[nH]2)c(C(C)CC2c3cc(OC)c(OC)cc3-c3[nH]c(=O)[nH]c(=O)c32)cc1OC. The molecule has 0 saturated carbocycles. The Morgan fingerprint density at radius 2 is 1.27 bits per heavy atom. The van der Waals surface area contributed by atoms with E-state index in [0.29, 0.717) is 57.5 Å². The van der Waals surface area contributed by atoms with Gasteiger partial charge in [-0.15, -0.1) is 0 Å². The van der Waals surface area contributed by atoms with Crippen LogP contribution in [-0.2, 0) is 0 Å². The van der Waals surface area contributed by atoms with Crippen LogP contribution in [0.3, 0.4) is 0 Å². The highest BCUT2D eigenvalue weighted by Crippen LogP contribution is 2.50. The Labute approximate surface area is 226 Å². The fraction of sp³-hybridized carbons (Fsp3) is 0.286. The standard InChI is InChI=1S/C28H28N4O8/c1-12(13-7-19(37-2)21(39-4)9-15(13)18-11-23(33)30-27(35)29-18)6-16-14-8-20(38-3)22(40-5)10-17(14)25-24(16)26(34)32-28(36)31-25/h7-12,16H,6H2,1-5H3,(H2,29,30,33,35)(H2,31,32,34,36). The summed E-state index contributed by atoms with van der Waals surface area (Å²) in [7, 11) is 6.04. The lowest BCUT2D eigenvalue weighted by atomic mass is 9.82. The average molecular weight is 549 g/mol. The van der Waals surface area contributed by atoms with Crippen molar-refractivity contribution in [2.75, 3.05) is 28.4 Å². The molecule has 0 amide bonds. The van der Waals surface area contributed by atoms with Crippen LogP contribution in [0.25, 0.3) is 22.5 Å². The predicted octanol–water partition coefficient (Wildman–Crippen LogP) is 2.45. The highest BCUT2D eigenvalue weighted by atomic mass is 16.5. The van der Waals surface area contributed by atoms with Crippen molar-refractivity contribution in [2.24, 2.45) is 0 Å². The lowest BCUT2D eigenvalue weighted by Gasteiger charge is -2.23. The third-order valence-electron chi connectivity index (χ3n) is 7.25. The summed E-state index contributed by atoms with van der Waals surface area (Å²) in [5.41, 5.74) is 1.61. The summed E-state index contributed by atoms with van der Waals surface area (Å²) in [5.74, 6) is 1.14. The van der Waals surface area contributed by atoms with Crippen molar-refractivity contribution >= 4 is 0 Å². The summed E-state index contributed by atoms with van der Waals surface area (Å²) < 4.78 is 22.0. The van der Waals surface area contributed by atoms with Crippen LogP contribution in [0.15, 0.2) is 49.5 Å². The first-order valence-electron chi connectivity index (χ1n) is 12.4. The number of hydrogen-bond donors (Lipinski definition) is 4. The van der Waals surface area contributed by atoms with Crippen molar-refractivity contribution in [3.63, 3.8) is 0 Å². The summed E-state index contributed by atoms with van der Waals surface area (Å²) in [6.45, 7) is 1.97. The lowest BCUT2D eigenvalue weighted by molar-refractivity contribution is 0.354. The summed E-state index contributed by atoms with van der Waals surface area (Å²) >= 11 is 0. The minimum absolute atomic E-state index is 0.249. The van der Waals surface area contributed by atoms with Gasteiger partial charge in [-0.2, -0.15) is 0 Å². The number of hydrogen-bond acceptors (Lipinski definition) is 8. The highest BCUT2D eigenvalue weighted by molar-refractivity contribution is 5.78. The first-order chi connectivity index (χ1) is 19.2. The van der Waals surface area contributed by atoms with Crippen molar-refractivity contribution in [1.29, 1.82) is 0 Å². The van der Waals surface area contributed by atoms with Crippen LogP contribution < -0.4 is 41.4 Å². The molecule has 4 N–H and O–H groups in total. The van der Waals surface area contributed by atoms with Crippen LogP contribution in [0, 0.1) is 0 Å². The van der Waals surface area contributed by atoms with Gasteiger partial charge in [-0.1, -0.05) is 6.92 Å². The molecule has 0 saturated heterocycles. The molecule has 0 fully saturated rings. The molecule has 12 nitrogen and oxygen atoms in total. The van der Waals surface area contributed by atoms with Gasteiger partial charge in [0.05, 0.1) is 39.8 Å². The van der Waals surface area contributed by atoms with E-state index in [2.05, 4.69) is 19.9 Å². The van der Waals surface area contributed by atoms with Crippen molar-refractivity contribution in [1.82, 2.24) is 19.9 Å². The van der Waals surface area contributed by atoms with Crippen molar-refractivity contribution in [3.05, 3.63) is 88.7 Å². The van der Waals surface area contributed by atoms with Crippen LogP contribution in [0.2, 0.25) is 0 Å². The second-order valence-corrected chi connectivity index (χ2v) is 9.48. The van der Waals surface area contributed by atoms with Crippen LogP contribution in [0.4, 0.5) is 0 Å². The van der Waals surface area contributed by atoms with E-state index < -0.39 is 28.4 Å². The smallest absolute Gasteiger partial charge is 0.326 e. The molecule has 2 heterocycles. The highest BCUT2D eigenvalue weighted by Gasteiger charge is 2.35. The van der Waals surface area contributed by atoms with Gasteiger partial charge in [0.25, 0.3) is 11.1 Å². The van der Waals surface area contributed by atoms with Crippen molar-refractivity contribution in [3.8, 4) is 45.5 Å². The zero-order valence-corrected chi connectivity index (χ0v) is 22.5. The molecule has 1 aliphatic rings. The number of benzene rings is 2. The number of aromatic nitrogens is 4. The minimum Gasteiger partial charge on any atom is -0.493 e. The summed E-state index contributed by atoms with van der Waals surface area (Å²) in [5, 5.41) is 0. The topological polar surface area (TPSA) is 168 Å². The number of nitrogens with one attached hydrogen (secondary N) is 4. The fourth-order valence-electron chi connectivity index (χ4n) is 5.47. The van der Waals surface area contributed by atoms with Gasteiger partial charge in [-0.25, -0.2) is 9.59 Å².